The largest absolute Gasteiger partial charge is 0.384 e. The van der Waals surface area contributed by atoms with Crippen LogP contribution in [0.15, 0.2) is 48.5 Å². The van der Waals surface area contributed by atoms with Gasteiger partial charge in [-0.1, -0.05) is 36.4 Å². The molecule has 0 heterocycles. The first kappa shape index (κ1) is 10.8. The number of hydrogen-bond donors (Lipinski definition) is 1. The molecule has 1 atom stereocenters. The molecule has 0 saturated heterocycles. The van der Waals surface area contributed by atoms with Crippen LogP contribution in [0.1, 0.15) is 17.2 Å². The van der Waals surface area contributed by atoms with Gasteiger partial charge in [0.15, 0.2) is 11.6 Å². The molecule has 82 valence electrons. The Hall–Kier alpha value is -1.74. The molecule has 2 aromatic rings. The van der Waals surface area contributed by atoms with Crippen LogP contribution < -0.4 is 0 Å². The molecular weight excluding hydrogens is 210 g/mol. The molecule has 1 nitrogen and oxygen atoms in total. The second-order valence-corrected chi connectivity index (χ2v) is 3.49. The average molecular weight is 220 g/mol. The van der Waals surface area contributed by atoms with E-state index in [9.17, 15) is 13.9 Å². The van der Waals surface area contributed by atoms with Crippen molar-refractivity contribution in [2.24, 2.45) is 0 Å². The summed E-state index contributed by atoms with van der Waals surface area (Å²) < 4.78 is 25.7. The van der Waals surface area contributed by atoms with Gasteiger partial charge in [-0.3, -0.25) is 0 Å². The van der Waals surface area contributed by atoms with Gasteiger partial charge in [-0.2, -0.15) is 0 Å². The van der Waals surface area contributed by atoms with Gasteiger partial charge >= 0.3 is 0 Å². The summed E-state index contributed by atoms with van der Waals surface area (Å²) in [5.41, 5.74) is 0.985. The van der Waals surface area contributed by atoms with Crippen molar-refractivity contribution in [1.29, 1.82) is 0 Å². The van der Waals surface area contributed by atoms with Crippen molar-refractivity contribution >= 4 is 0 Å². The summed E-state index contributed by atoms with van der Waals surface area (Å²) in [4.78, 5) is 0. The van der Waals surface area contributed by atoms with Gasteiger partial charge in [0.1, 0.15) is 6.10 Å². The molecule has 0 radical (unpaired) electrons. The van der Waals surface area contributed by atoms with Crippen LogP contribution in [0, 0.1) is 11.6 Å². The molecule has 16 heavy (non-hydrogen) atoms. The van der Waals surface area contributed by atoms with Crippen molar-refractivity contribution in [2.75, 3.05) is 0 Å². The normalized spacial score (nSPS) is 12.4. The van der Waals surface area contributed by atoms with E-state index in [1.54, 1.807) is 24.3 Å². The van der Waals surface area contributed by atoms with Crippen molar-refractivity contribution < 1.29 is 13.9 Å². The molecule has 0 fully saturated rings. The third-order valence-corrected chi connectivity index (χ3v) is 2.37. The van der Waals surface area contributed by atoms with Crippen LogP contribution in [0.2, 0.25) is 0 Å². The highest BCUT2D eigenvalue weighted by Crippen LogP contribution is 2.22. The summed E-state index contributed by atoms with van der Waals surface area (Å²) in [6.07, 6.45) is -0.934. The summed E-state index contributed by atoms with van der Waals surface area (Å²) in [6, 6.07) is 12.2. The second-order valence-electron chi connectivity index (χ2n) is 3.49. The zero-order valence-electron chi connectivity index (χ0n) is 8.40. The van der Waals surface area contributed by atoms with E-state index in [-0.39, 0.29) is 0 Å². The average Bonchev–Trinajstić information content (AvgIpc) is 2.33. The van der Waals surface area contributed by atoms with E-state index in [1.165, 1.54) is 6.07 Å². The number of rotatable bonds is 2. The molecular formula is C13H10F2O. The Morgan fingerprint density at radius 3 is 2.12 bits per heavy atom. The van der Waals surface area contributed by atoms with Crippen LogP contribution in [0.3, 0.4) is 0 Å². The van der Waals surface area contributed by atoms with E-state index in [4.69, 9.17) is 0 Å². The number of benzene rings is 2. The topological polar surface area (TPSA) is 20.2 Å². The van der Waals surface area contributed by atoms with Gasteiger partial charge in [0, 0.05) is 0 Å². The molecule has 0 saturated carbocycles. The minimum Gasteiger partial charge on any atom is -0.384 e. The van der Waals surface area contributed by atoms with Gasteiger partial charge < -0.3 is 5.11 Å². The molecule has 0 aliphatic rings. The first-order chi connectivity index (χ1) is 7.68. The highest BCUT2D eigenvalue weighted by atomic mass is 19.2. The SMILES string of the molecule is OC(c1ccccc1)c1ccc(F)c(F)c1. The fraction of sp³-hybridized carbons (Fsp3) is 0.0769. The van der Waals surface area contributed by atoms with Gasteiger partial charge in [-0.25, -0.2) is 8.78 Å². The van der Waals surface area contributed by atoms with Crippen molar-refractivity contribution in [1.82, 2.24) is 0 Å². The van der Waals surface area contributed by atoms with Crippen LogP contribution in [-0.4, -0.2) is 5.11 Å². The summed E-state index contributed by atoms with van der Waals surface area (Å²) >= 11 is 0. The molecule has 2 aromatic carbocycles. The molecule has 0 spiro atoms. The smallest absolute Gasteiger partial charge is 0.159 e. The van der Waals surface area contributed by atoms with Crippen LogP contribution in [-0.2, 0) is 0 Å². The number of hydrogen-bond acceptors (Lipinski definition) is 1. The Morgan fingerprint density at radius 1 is 0.812 bits per heavy atom. The molecule has 0 bridgehead atoms. The van der Waals surface area contributed by atoms with E-state index in [2.05, 4.69) is 0 Å². The molecule has 0 aliphatic heterocycles. The number of aliphatic hydroxyl groups is 1. The number of aliphatic hydroxyl groups excluding tert-OH is 1. The first-order valence-electron chi connectivity index (χ1n) is 4.86. The highest BCUT2D eigenvalue weighted by Gasteiger charge is 2.12. The van der Waals surface area contributed by atoms with E-state index >= 15 is 0 Å². The zero-order valence-corrected chi connectivity index (χ0v) is 8.40. The fourth-order valence-electron chi connectivity index (χ4n) is 1.51. The molecule has 3 heteroatoms. The molecule has 2 rings (SSSR count). The van der Waals surface area contributed by atoms with Gasteiger partial charge in [0.25, 0.3) is 0 Å². The van der Waals surface area contributed by atoms with Crippen LogP contribution >= 0.6 is 0 Å². The Bertz CT molecular complexity index is 483. The Kier molecular flexibility index (Phi) is 2.97. The van der Waals surface area contributed by atoms with Gasteiger partial charge in [0.05, 0.1) is 0 Å². The van der Waals surface area contributed by atoms with Crippen molar-refractivity contribution in [3.8, 4) is 0 Å². The maximum Gasteiger partial charge on any atom is 0.159 e. The molecule has 0 aromatic heterocycles. The summed E-state index contributed by atoms with van der Waals surface area (Å²) in [6.45, 7) is 0. The summed E-state index contributed by atoms with van der Waals surface area (Å²) in [7, 11) is 0. The number of halogens is 2. The quantitative estimate of drug-likeness (QED) is 0.824. The first-order valence-corrected chi connectivity index (χ1v) is 4.86. The predicted octanol–water partition coefficient (Wildman–Crippen LogP) is 3.05. The van der Waals surface area contributed by atoms with E-state index in [0.717, 1.165) is 12.1 Å². The molecule has 0 amide bonds. The Balaban J connectivity index is 2.34. The van der Waals surface area contributed by atoms with Crippen molar-refractivity contribution in [3.05, 3.63) is 71.3 Å². The third kappa shape index (κ3) is 2.09. The minimum atomic E-state index is -0.951. The standard InChI is InChI=1S/C13H10F2O/c14-11-7-6-10(8-12(11)15)13(16)9-4-2-1-3-5-9/h1-8,13,16H. The minimum absolute atomic E-state index is 0.338. The lowest BCUT2D eigenvalue weighted by Crippen LogP contribution is -2.00. The van der Waals surface area contributed by atoms with E-state index in [0.29, 0.717) is 11.1 Å². The van der Waals surface area contributed by atoms with Crippen LogP contribution in [0.5, 0.6) is 0 Å². The van der Waals surface area contributed by atoms with Gasteiger partial charge in [-0.15, -0.1) is 0 Å². The summed E-state index contributed by atoms with van der Waals surface area (Å²) in [5.74, 6) is -1.86. The third-order valence-electron chi connectivity index (χ3n) is 2.37. The molecule has 1 unspecified atom stereocenters. The van der Waals surface area contributed by atoms with E-state index in [1.807, 2.05) is 6.07 Å². The maximum absolute atomic E-state index is 13.0. The maximum atomic E-state index is 13.0. The lowest BCUT2D eigenvalue weighted by atomic mass is 10.0. The van der Waals surface area contributed by atoms with Crippen LogP contribution in [0.4, 0.5) is 8.78 Å². The molecule has 1 N–H and O–H groups in total. The predicted molar refractivity (Wildman–Crippen MR) is 56.9 cm³/mol. The van der Waals surface area contributed by atoms with E-state index < -0.39 is 17.7 Å². The Labute approximate surface area is 92.0 Å². The lowest BCUT2D eigenvalue weighted by Gasteiger charge is -2.11. The van der Waals surface area contributed by atoms with Gasteiger partial charge in [-0.05, 0) is 23.3 Å². The lowest BCUT2D eigenvalue weighted by molar-refractivity contribution is 0.219. The van der Waals surface area contributed by atoms with Crippen molar-refractivity contribution in [3.63, 3.8) is 0 Å². The van der Waals surface area contributed by atoms with Crippen LogP contribution in [0.25, 0.3) is 0 Å². The fourth-order valence-corrected chi connectivity index (χ4v) is 1.51. The van der Waals surface area contributed by atoms with Gasteiger partial charge in [0.2, 0.25) is 0 Å². The summed E-state index contributed by atoms with van der Waals surface area (Å²) in [5, 5.41) is 9.92. The molecule has 0 aliphatic carbocycles. The monoisotopic (exact) mass is 220 g/mol. The highest BCUT2D eigenvalue weighted by molar-refractivity contribution is 5.30. The Morgan fingerprint density at radius 2 is 1.50 bits per heavy atom. The zero-order chi connectivity index (χ0) is 11.5. The second kappa shape index (κ2) is 4.41. The van der Waals surface area contributed by atoms with Crippen molar-refractivity contribution in [2.45, 2.75) is 6.10 Å².